The number of aromatic nitrogens is 2. The number of amides is 1. The van der Waals surface area contributed by atoms with E-state index in [-0.39, 0.29) is 30.8 Å². The van der Waals surface area contributed by atoms with E-state index >= 15 is 0 Å². The average molecular weight is 394 g/mol. The van der Waals surface area contributed by atoms with E-state index in [2.05, 4.69) is 21.0 Å². The summed E-state index contributed by atoms with van der Waals surface area (Å²) in [7, 11) is 1.45. The maximum atomic E-state index is 12.7. The smallest absolute Gasteiger partial charge is 0.305 e. The molecule has 0 aliphatic carbocycles. The van der Waals surface area contributed by atoms with Crippen molar-refractivity contribution in [1.82, 2.24) is 14.7 Å². The molecule has 0 atom stereocenters. The molecule has 7 nitrogen and oxygen atoms in total. The SMILES string of the molecule is Cn1nc(C(=O)N(CCC(=O)O)Cc2cccc(Br)c2)ccc1=O. The minimum absolute atomic E-state index is 0.0468. The van der Waals surface area contributed by atoms with Gasteiger partial charge >= 0.3 is 5.97 Å². The molecule has 1 aromatic heterocycles. The van der Waals surface area contributed by atoms with Gasteiger partial charge in [-0.1, -0.05) is 28.1 Å². The molecule has 0 aliphatic heterocycles. The lowest BCUT2D eigenvalue weighted by Crippen LogP contribution is -2.34. The highest BCUT2D eigenvalue weighted by molar-refractivity contribution is 9.10. The van der Waals surface area contributed by atoms with E-state index in [1.165, 1.54) is 24.1 Å². The second-order valence-electron chi connectivity index (χ2n) is 5.18. The molecule has 2 aromatic rings. The van der Waals surface area contributed by atoms with E-state index in [9.17, 15) is 14.4 Å². The Morgan fingerprint density at radius 1 is 1.29 bits per heavy atom. The number of aliphatic carboxylic acids is 1. The molecule has 0 fully saturated rings. The second-order valence-corrected chi connectivity index (χ2v) is 6.10. The van der Waals surface area contributed by atoms with E-state index in [1.54, 1.807) is 0 Å². The van der Waals surface area contributed by atoms with Crippen molar-refractivity contribution in [1.29, 1.82) is 0 Å². The van der Waals surface area contributed by atoms with Gasteiger partial charge < -0.3 is 10.0 Å². The molecule has 0 saturated heterocycles. The van der Waals surface area contributed by atoms with Gasteiger partial charge in [0.25, 0.3) is 11.5 Å². The predicted molar refractivity (Wildman–Crippen MR) is 90.6 cm³/mol. The summed E-state index contributed by atoms with van der Waals surface area (Å²) in [5, 5.41) is 12.8. The Morgan fingerprint density at radius 3 is 2.67 bits per heavy atom. The predicted octanol–water partition coefficient (Wildman–Crippen LogP) is 1.66. The van der Waals surface area contributed by atoms with Crippen molar-refractivity contribution in [3.05, 3.63) is 62.5 Å². The lowest BCUT2D eigenvalue weighted by Gasteiger charge is -2.22. The number of hydrogen-bond acceptors (Lipinski definition) is 4. The van der Waals surface area contributed by atoms with Crippen LogP contribution in [0, 0.1) is 0 Å². The van der Waals surface area contributed by atoms with Crippen LogP contribution >= 0.6 is 15.9 Å². The third-order valence-electron chi connectivity index (χ3n) is 3.32. The minimum Gasteiger partial charge on any atom is -0.481 e. The fourth-order valence-corrected chi connectivity index (χ4v) is 2.56. The Labute approximate surface area is 146 Å². The van der Waals surface area contributed by atoms with Crippen LogP contribution in [0.15, 0.2) is 45.7 Å². The van der Waals surface area contributed by atoms with E-state index in [0.29, 0.717) is 0 Å². The average Bonchev–Trinajstić information content (AvgIpc) is 2.53. The summed E-state index contributed by atoms with van der Waals surface area (Å²) in [6.45, 7) is 0.293. The molecule has 0 unspecified atom stereocenters. The van der Waals surface area contributed by atoms with Crippen LogP contribution in [0.4, 0.5) is 0 Å². The standard InChI is InChI=1S/C16H16BrN3O4/c1-19-14(21)6-5-13(18-19)16(24)20(8-7-15(22)23)10-11-3-2-4-12(17)9-11/h2-6,9H,7-8,10H2,1H3,(H,22,23). The Bertz CT molecular complexity index is 819. The summed E-state index contributed by atoms with van der Waals surface area (Å²) in [4.78, 5) is 36.3. The molecule has 1 amide bonds. The van der Waals surface area contributed by atoms with Gasteiger partial charge in [0.1, 0.15) is 5.69 Å². The lowest BCUT2D eigenvalue weighted by molar-refractivity contribution is -0.137. The van der Waals surface area contributed by atoms with Gasteiger partial charge in [-0.3, -0.25) is 14.4 Å². The molecular formula is C16H16BrN3O4. The summed E-state index contributed by atoms with van der Waals surface area (Å²) in [5.74, 6) is -1.41. The molecule has 126 valence electrons. The normalized spacial score (nSPS) is 10.4. The highest BCUT2D eigenvalue weighted by Gasteiger charge is 2.19. The van der Waals surface area contributed by atoms with Crippen LogP contribution < -0.4 is 5.56 Å². The molecule has 2 rings (SSSR count). The first-order valence-electron chi connectivity index (χ1n) is 7.16. The highest BCUT2D eigenvalue weighted by Crippen LogP contribution is 2.15. The number of carboxylic acid groups (broad SMARTS) is 1. The van der Waals surface area contributed by atoms with Gasteiger partial charge in [-0.25, -0.2) is 4.68 Å². The van der Waals surface area contributed by atoms with Crippen LogP contribution in [0.5, 0.6) is 0 Å². The Morgan fingerprint density at radius 2 is 2.04 bits per heavy atom. The van der Waals surface area contributed by atoms with Crippen LogP contribution in [-0.4, -0.2) is 38.2 Å². The summed E-state index contributed by atoms with van der Waals surface area (Å²) >= 11 is 3.37. The maximum Gasteiger partial charge on any atom is 0.305 e. The largest absolute Gasteiger partial charge is 0.481 e. The van der Waals surface area contributed by atoms with E-state index in [1.807, 2.05) is 24.3 Å². The van der Waals surface area contributed by atoms with Gasteiger partial charge in [0.15, 0.2) is 0 Å². The van der Waals surface area contributed by atoms with E-state index < -0.39 is 11.9 Å². The number of rotatable bonds is 6. The Kier molecular flexibility index (Phi) is 5.86. The number of carbonyl (C=O) groups is 2. The van der Waals surface area contributed by atoms with Gasteiger partial charge in [0.2, 0.25) is 0 Å². The van der Waals surface area contributed by atoms with Gasteiger partial charge in [-0.2, -0.15) is 5.10 Å². The topological polar surface area (TPSA) is 92.5 Å². The van der Waals surface area contributed by atoms with Crippen LogP contribution in [-0.2, 0) is 18.4 Å². The Hall–Kier alpha value is -2.48. The van der Waals surface area contributed by atoms with Crippen LogP contribution in [0.3, 0.4) is 0 Å². The zero-order valence-corrected chi connectivity index (χ0v) is 14.6. The highest BCUT2D eigenvalue weighted by atomic mass is 79.9. The number of carbonyl (C=O) groups excluding carboxylic acids is 1. The van der Waals surface area contributed by atoms with Crippen molar-refractivity contribution in [2.45, 2.75) is 13.0 Å². The molecular weight excluding hydrogens is 378 g/mol. The molecule has 0 spiro atoms. The first-order valence-corrected chi connectivity index (χ1v) is 7.96. The van der Waals surface area contributed by atoms with Crippen LogP contribution in [0.1, 0.15) is 22.5 Å². The van der Waals surface area contributed by atoms with Crippen molar-refractivity contribution in [2.24, 2.45) is 7.05 Å². The van der Waals surface area contributed by atoms with Crippen molar-refractivity contribution in [3.63, 3.8) is 0 Å². The summed E-state index contributed by atoms with van der Waals surface area (Å²) in [6.07, 6.45) is -0.175. The summed E-state index contributed by atoms with van der Waals surface area (Å²) in [6, 6.07) is 10.0. The number of benzene rings is 1. The molecule has 1 aromatic carbocycles. The first-order chi connectivity index (χ1) is 11.4. The fourth-order valence-electron chi connectivity index (χ4n) is 2.12. The maximum absolute atomic E-state index is 12.7. The van der Waals surface area contributed by atoms with Crippen molar-refractivity contribution in [3.8, 4) is 0 Å². The van der Waals surface area contributed by atoms with Gasteiger partial charge in [-0.05, 0) is 23.8 Å². The van der Waals surface area contributed by atoms with Crippen molar-refractivity contribution < 1.29 is 14.7 Å². The van der Waals surface area contributed by atoms with Gasteiger partial charge in [0.05, 0.1) is 6.42 Å². The van der Waals surface area contributed by atoms with E-state index in [4.69, 9.17) is 5.11 Å². The Balaban J connectivity index is 2.26. The van der Waals surface area contributed by atoms with Crippen LogP contribution in [0.25, 0.3) is 0 Å². The summed E-state index contributed by atoms with van der Waals surface area (Å²) in [5.41, 5.74) is 0.626. The van der Waals surface area contributed by atoms with Crippen LogP contribution in [0.2, 0.25) is 0 Å². The number of carboxylic acids is 1. The third-order valence-corrected chi connectivity index (χ3v) is 3.82. The fraction of sp³-hybridized carbons (Fsp3) is 0.250. The third kappa shape index (κ3) is 4.76. The monoisotopic (exact) mass is 393 g/mol. The summed E-state index contributed by atoms with van der Waals surface area (Å²) < 4.78 is 1.94. The number of aryl methyl sites for hydroxylation is 1. The molecule has 0 bridgehead atoms. The zero-order valence-electron chi connectivity index (χ0n) is 13.0. The quantitative estimate of drug-likeness (QED) is 0.805. The molecule has 0 aliphatic rings. The molecule has 0 saturated carbocycles. The lowest BCUT2D eigenvalue weighted by atomic mass is 10.2. The first kappa shape index (κ1) is 17.9. The minimum atomic E-state index is -0.990. The number of hydrogen-bond donors (Lipinski definition) is 1. The molecule has 24 heavy (non-hydrogen) atoms. The van der Waals surface area contributed by atoms with Crippen molar-refractivity contribution >= 4 is 27.8 Å². The van der Waals surface area contributed by atoms with Crippen molar-refractivity contribution in [2.75, 3.05) is 6.54 Å². The van der Waals surface area contributed by atoms with Gasteiger partial charge in [0, 0.05) is 30.7 Å². The molecule has 1 N–H and O–H groups in total. The second kappa shape index (κ2) is 7.87. The zero-order chi connectivity index (χ0) is 17.7. The molecule has 8 heteroatoms. The molecule has 0 radical (unpaired) electrons. The number of nitrogens with zero attached hydrogens (tertiary/aromatic N) is 3. The molecule has 1 heterocycles. The van der Waals surface area contributed by atoms with E-state index in [0.717, 1.165) is 14.7 Å². The van der Waals surface area contributed by atoms with Gasteiger partial charge in [-0.15, -0.1) is 0 Å². The number of halogens is 1.